The van der Waals surface area contributed by atoms with Gasteiger partial charge in [0.05, 0.1) is 6.61 Å². The Morgan fingerprint density at radius 3 is 1.86 bits per heavy atom. The van der Waals surface area contributed by atoms with Crippen LogP contribution in [0, 0.1) is 5.92 Å². The van der Waals surface area contributed by atoms with Gasteiger partial charge in [-0.1, -0.05) is 13.8 Å². The van der Waals surface area contributed by atoms with Crippen LogP contribution in [0.15, 0.2) is 0 Å². The average molecular weight is 417 g/mol. The summed E-state index contributed by atoms with van der Waals surface area (Å²) < 4.78 is 0. The summed E-state index contributed by atoms with van der Waals surface area (Å²) in [6, 6.07) is -4.73. The fourth-order valence-electron chi connectivity index (χ4n) is 2.27. The molecule has 29 heavy (non-hydrogen) atoms. The number of hydrogen-bond acceptors (Lipinski definition) is 7. The van der Waals surface area contributed by atoms with Gasteiger partial charge in [-0.25, -0.2) is 0 Å². The zero-order chi connectivity index (χ0) is 22.7. The fourth-order valence-corrected chi connectivity index (χ4v) is 2.27. The molecule has 0 rings (SSSR count). The van der Waals surface area contributed by atoms with Crippen LogP contribution in [0.5, 0.6) is 0 Å². The van der Waals surface area contributed by atoms with E-state index in [1.807, 2.05) is 13.8 Å². The minimum absolute atomic E-state index is 0.0127. The van der Waals surface area contributed by atoms with Crippen molar-refractivity contribution in [1.82, 2.24) is 16.0 Å². The summed E-state index contributed by atoms with van der Waals surface area (Å²) in [7, 11) is 0. The van der Waals surface area contributed by atoms with Gasteiger partial charge >= 0.3 is 5.97 Å². The van der Waals surface area contributed by atoms with Crippen LogP contribution in [0.2, 0.25) is 0 Å². The third kappa shape index (κ3) is 10.4. The van der Waals surface area contributed by atoms with E-state index in [2.05, 4.69) is 16.0 Å². The minimum Gasteiger partial charge on any atom is -0.480 e. The Morgan fingerprint density at radius 2 is 1.41 bits per heavy atom. The Morgan fingerprint density at radius 1 is 0.897 bits per heavy atom. The Balaban J connectivity index is 5.35. The van der Waals surface area contributed by atoms with Crippen LogP contribution in [0.25, 0.3) is 0 Å². The number of hydrogen-bond donors (Lipinski definition) is 7. The van der Waals surface area contributed by atoms with Crippen LogP contribution >= 0.6 is 0 Å². The molecule has 0 radical (unpaired) electrons. The molecule has 12 nitrogen and oxygen atoms in total. The first-order valence-electron chi connectivity index (χ1n) is 9.17. The van der Waals surface area contributed by atoms with Gasteiger partial charge in [-0.3, -0.25) is 24.0 Å². The van der Waals surface area contributed by atoms with E-state index in [9.17, 15) is 24.0 Å². The van der Waals surface area contributed by atoms with Crippen molar-refractivity contribution in [2.45, 2.75) is 64.2 Å². The van der Waals surface area contributed by atoms with E-state index in [1.54, 1.807) is 0 Å². The lowest BCUT2D eigenvalue weighted by molar-refractivity contribution is -0.142. The van der Waals surface area contributed by atoms with E-state index in [0.29, 0.717) is 0 Å². The lowest BCUT2D eigenvalue weighted by Gasteiger charge is -2.25. The molecule has 0 bridgehead atoms. The summed E-state index contributed by atoms with van der Waals surface area (Å²) in [5.74, 6) is -4.27. The molecule has 0 aromatic heterocycles. The molecule has 12 heteroatoms. The normalized spacial score (nSPS) is 15.0. The van der Waals surface area contributed by atoms with Crippen LogP contribution in [-0.2, 0) is 24.0 Å². The summed E-state index contributed by atoms with van der Waals surface area (Å²) in [6.07, 6.45) is -0.167. The van der Waals surface area contributed by atoms with Gasteiger partial charge in [0, 0.05) is 6.42 Å². The Kier molecular flexibility index (Phi) is 11.5. The second-order valence-electron chi connectivity index (χ2n) is 7.11. The van der Waals surface area contributed by atoms with Crippen LogP contribution in [-0.4, -0.2) is 70.6 Å². The molecule has 4 atom stereocenters. The number of nitrogens with two attached hydrogens (primary N) is 2. The van der Waals surface area contributed by atoms with Crippen LogP contribution in [0.1, 0.15) is 40.0 Å². The van der Waals surface area contributed by atoms with Crippen molar-refractivity contribution < 1.29 is 34.2 Å². The van der Waals surface area contributed by atoms with E-state index in [0.717, 1.165) is 0 Å². The number of rotatable bonds is 13. The number of carbonyl (C=O) groups is 5. The third-order valence-corrected chi connectivity index (χ3v) is 3.92. The van der Waals surface area contributed by atoms with Crippen LogP contribution in [0.3, 0.4) is 0 Å². The maximum absolute atomic E-state index is 12.7. The molecule has 0 fully saturated rings. The molecule has 0 aromatic rings. The highest BCUT2D eigenvalue weighted by Crippen LogP contribution is 2.07. The summed E-state index contributed by atoms with van der Waals surface area (Å²) in [4.78, 5) is 58.9. The van der Waals surface area contributed by atoms with Crippen molar-refractivity contribution >= 4 is 29.6 Å². The van der Waals surface area contributed by atoms with Gasteiger partial charge in [0.1, 0.15) is 24.2 Å². The van der Waals surface area contributed by atoms with E-state index in [4.69, 9.17) is 21.7 Å². The van der Waals surface area contributed by atoms with Crippen LogP contribution < -0.4 is 27.4 Å². The maximum atomic E-state index is 12.7. The lowest BCUT2D eigenvalue weighted by Crippen LogP contribution is -2.57. The zero-order valence-corrected chi connectivity index (χ0v) is 16.8. The Bertz CT molecular complexity index is 611. The largest absolute Gasteiger partial charge is 0.480 e. The van der Waals surface area contributed by atoms with Crippen molar-refractivity contribution in [3.63, 3.8) is 0 Å². The third-order valence-electron chi connectivity index (χ3n) is 3.92. The number of carbonyl (C=O) groups excluding carboxylic acids is 4. The first-order valence-corrected chi connectivity index (χ1v) is 9.17. The van der Waals surface area contributed by atoms with Crippen molar-refractivity contribution in [2.24, 2.45) is 17.4 Å². The van der Waals surface area contributed by atoms with E-state index >= 15 is 0 Å². The van der Waals surface area contributed by atoms with Crippen LogP contribution in [0.4, 0.5) is 0 Å². The average Bonchev–Trinajstić information content (AvgIpc) is 2.62. The second-order valence-corrected chi connectivity index (χ2v) is 7.11. The van der Waals surface area contributed by atoms with Gasteiger partial charge in [-0.15, -0.1) is 0 Å². The fraction of sp³-hybridized carbons (Fsp3) is 0.706. The van der Waals surface area contributed by atoms with E-state index < -0.39 is 60.4 Å². The molecule has 4 amide bonds. The van der Waals surface area contributed by atoms with Crippen molar-refractivity contribution in [3.8, 4) is 0 Å². The minimum atomic E-state index is -1.28. The number of carboxylic acids is 1. The number of aliphatic hydroxyl groups excluding tert-OH is 1. The highest BCUT2D eigenvalue weighted by atomic mass is 16.4. The maximum Gasteiger partial charge on any atom is 0.325 e. The molecular weight excluding hydrogens is 386 g/mol. The monoisotopic (exact) mass is 417 g/mol. The highest BCUT2D eigenvalue weighted by molar-refractivity contribution is 5.94. The number of amides is 4. The summed E-state index contributed by atoms with van der Waals surface area (Å²) in [5.41, 5.74) is 10.5. The molecule has 0 saturated heterocycles. The van der Waals surface area contributed by atoms with Gasteiger partial charge in [0.15, 0.2) is 0 Å². The van der Waals surface area contributed by atoms with Crippen molar-refractivity contribution in [2.75, 3.05) is 6.61 Å². The van der Waals surface area contributed by atoms with Gasteiger partial charge < -0.3 is 37.6 Å². The van der Waals surface area contributed by atoms with Gasteiger partial charge in [-0.2, -0.15) is 0 Å². The number of aliphatic hydroxyl groups is 1. The molecule has 0 saturated carbocycles. The Labute approximate surface area is 168 Å². The number of primary amides is 1. The summed E-state index contributed by atoms with van der Waals surface area (Å²) in [6.45, 7) is 4.25. The molecule has 0 aromatic carbocycles. The van der Waals surface area contributed by atoms with Crippen molar-refractivity contribution in [3.05, 3.63) is 0 Å². The van der Waals surface area contributed by atoms with Gasteiger partial charge in [0.25, 0.3) is 0 Å². The first kappa shape index (κ1) is 26.3. The van der Waals surface area contributed by atoms with E-state index in [1.165, 1.54) is 6.92 Å². The smallest absolute Gasteiger partial charge is 0.325 e. The number of aliphatic carboxylic acids is 1. The van der Waals surface area contributed by atoms with Gasteiger partial charge in [0.2, 0.25) is 23.6 Å². The summed E-state index contributed by atoms with van der Waals surface area (Å²) >= 11 is 0. The number of nitrogens with one attached hydrogen (secondary N) is 3. The standard InChI is InChI=1S/C17H31N5O7/c1-8(2)6-12(22-14(25)10(18)7-23)16(27)21-11(4-5-13(19)24)15(26)20-9(3)17(28)29/h8-12,23H,4-7,18H2,1-3H3,(H2,19,24)(H,20,26)(H,21,27)(H,22,25)(H,28,29). The zero-order valence-electron chi connectivity index (χ0n) is 16.8. The second kappa shape index (κ2) is 12.7. The lowest BCUT2D eigenvalue weighted by atomic mass is 10.0. The quantitative estimate of drug-likeness (QED) is 0.165. The predicted octanol–water partition coefficient (Wildman–Crippen LogP) is -2.82. The molecule has 166 valence electrons. The first-order chi connectivity index (χ1) is 13.4. The SMILES string of the molecule is CC(C)CC(NC(=O)C(N)CO)C(=O)NC(CCC(N)=O)C(=O)NC(C)C(=O)O. The molecule has 0 aliphatic rings. The topological polar surface area (TPSA) is 214 Å². The van der Waals surface area contributed by atoms with E-state index in [-0.39, 0.29) is 25.2 Å². The summed E-state index contributed by atoms with van der Waals surface area (Å²) in [5, 5.41) is 24.9. The van der Waals surface area contributed by atoms with Gasteiger partial charge in [-0.05, 0) is 25.7 Å². The molecule has 0 spiro atoms. The molecule has 0 aliphatic heterocycles. The molecule has 9 N–H and O–H groups in total. The van der Waals surface area contributed by atoms with Crippen molar-refractivity contribution in [1.29, 1.82) is 0 Å². The molecule has 4 unspecified atom stereocenters. The molecular formula is C17H31N5O7. The highest BCUT2D eigenvalue weighted by Gasteiger charge is 2.29. The predicted molar refractivity (Wildman–Crippen MR) is 102 cm³/mol. The molecule has 0 heterocycles. The molecule has 0 aliphatic carbocycles. The number of carboxylic acid groups (broad SMARTS) is 1. The Hall–Kier alpha value is -2.73.